The average molecular weight is 488 g/mol. The van der Waals surface area contributed by atoms with Gasteiger partial charge in [-0.25, -0.2) is 4.79 Å². The Hall–Kier alpha value is -5.30. The van der Waals surface area contributed by atoms with Crippen LogP contribution in [0.3, 0.4) is 0 Å². The van der Waals surface area contributed by atoms with Crippen molar-refractivity contribution in [2.45, 2.75) is 0 Å². The Morgan fingerprint density at radius 2 is 1.41 bits per heavy atom. The molecule has 7 heteroatoms. The van der Waals surface area contributed by atoms with Crippen molar-refractivity contribution in [1.29, 1.82) is 0 Å². The van der Waals surface area contributed by atoms with Crippen LogP contribution in [0.5, 0.6) is 0 Å². The normalized spacial score (nSPS) is 11.0. The fraction of sp³-hybridized carbons (Fsp3) is 0. The number of carboxylic acids is 1. The quantitative estimate of drug-likeness (QED) is 0.149. The molecule has 0 spiro atoms. The van der Waals surface area contributed by atoms with Crippen molar-refractivity contribution in [3.8, 4) is 28.2 Å². The minimum atomic E-state index is -0.991. The summed E-state index contributed by atoms with van der Waals surface area (Å²) in [6, 6.07) is 34.6. The van der Waals surface area contributed by atoms with Gasteiger partial charge in [-0.1, -0.05) is 60.7 Å². The predicted octanol–water partition coefficient (Wildman–Crippen LogP) is 7.17. The number of nitrogens with zero attached hydrogens (tertiary/aromatic N) is 3. The van der Waals surface area contributed by atoms with E-state index in [2.05, 4.69) is 9.56 Å². The fourth-order valence-electron chi connectivity index (χ4n) is 4.17. The first-order valence-electron chi connectivity index (χ1n) is 11.5. The number of hydrogen-bond acceptors (Lipinski definition) is 4. The number of aromatic nitrogens is 1. The molecule has 0 amide bonds. The standard InChI is InChI=1S/C30H21N3O4/c34-30(35)23-11-13-25(14-12-23)31-20-24-19-28(21-7-3-1-4-8-21)32(29(24)22-9-5-2-6-10-22)26-15-17-27(18-16-26)33(36)37/h1-20H,(H,34,35). The van der Waals surface area contributed by atoms with E-state index in [1.165, 1.54) is 24.3 Å². The highest BCUT2D eigenvalue weighted by Gasteiger charge is 2.19. The number of carboxylic acid groups (broad SMARTS) is 1. The number of benzene rings is 4. The zero-order valence-corrected chi connectivity index (χ0v) is 19.6. The van der Waals surface area contributed by atoms with E-state index in [1.54, 1.807) is 30.5 Å². The Labute approximate surface area is 212 Å². The van der Waals surface area contributed by atoms with Crippen LogP contribution in [0, 0.1) is 10.1 Å². The van der Waals surface area contributed by atoms with Gasteiger partial charge in [-0.15, -0.1) is 0 Å². The highest BCUT2D eigenvalue weighted by atomic mass is 16.6. The lowest BCUT2D eigenvalue weighted by atomic mass is 10.1. The van der Waals surface area contributed by atoms with Crippen LogP contribution >= 0.6 is 0 Å². The first kappa shape index (κ1) is 23.4. The molecule has 7 nitrogen and oxygen atoms in total. The number of rotatable bonds is 7. The number of nitro groups is 1. The summed E-state index contributed by atoms with van der Waals surface area (Å²) >= 11 is 0. The number of carbonyl (C=O) groups is 1. The third-order valence-corrected chi connectivity index (χ3v) is 5.93. The molecule has 4 aromatic carbocycles. The Morgan fingerprint density at radius 3 is 1.97 bits per heavy atom. The molecule has 0 unspecified atom stereocenters. The van der Waals surface area contributed by atoms with Crippen LogP contribution in [-0.4, -0.2) is 26.8 Å². The summed E-state index contributed by atoms with van der Waals surface area (Å²) < 4.78 is 2.07. The van der Waals surface area contributed by atoms with E-state index >= 15 is 0 Å². The predicted molar refractivity (Wildman–Crippen MR) is 144 cm³/mol. The van der Waals surface area contributed by atoms with Crippen molar-refractivity contribution >= 4 is 23.6 Å². The molecule has 0 fully saturated rings. The van der Waals surface area contributed by atoms with Crippen molar-refractivity contribution in [1.82, 2.24) is 4.57 Å². The molecule has 0 aliphatic heterocycles. The van der Waals surface area contributed by atoms with Gasteiger partial charge in [0.1, 0.15) is 0 Å². The first-order chi connectivity index (χ1) is 18.0. The molecule has 1 N–H and O–H groups in total. The third kappa shape index (κ3) is 4.92. The van der Waals surface area contributed by atoms with E-state index in [-0.39, 0.29) is 11.3 Å². The monoisotopic (exact) mass is 487 g/mol. The van der Waals surface area contributed by atoms with Gasteiger partial charge < -0.3 is 9.67 Å². The minimum Gasteiger partial charge on any atom is -0.478 e. The average Bonchev–Trinajstić information content (AvgIpc) is 3.32. The molecule has 0 radical (unpaired) electrons. The van der Waals surface area contributed by atoms with Crippen LogP contribution in [0.4, 0.5) is 11.4 Å². The van der Waals surface area contributed by atoms with Gasteiger partial charge in [-0.05, 0) is 53.6 Å². The summed E-state index contributed by atoms with van der Waals surface area (Å²) in [6.45, 7) is 0. The van der Waals surface area contributed by atoms with Crippen molar-refractivity contribution in [3.63, 3.8) is 0 Å². The number of aromatic carboxylic acids is 1. The van der Waals surface area contributed by atoms with Crippen LogP contribution in [0.2, 0.25) is 0 Å². The van der Waals surface area contributed by atoms with E-state index < -0.39 is 10.9 Å². The Morgan fingerprint density at radius 1 is 0.811 bits per heavy atom. The molecule has 0 saturated carbocycles. The van der Waals surface area contributed by atoms with Crippen LogP contribution in [0.1, 0.15) is 15.9 Å². The second kappa shape index (κ2) is 10.1. The maximum absolute atomic E-state index is 11.3. The Bertz CT molecular complexity index is 1590. The first-order valence-corrected chi connectivity index (χ1v) is 11.5. The third-order valence-electron chi connectivity index (χ3n) is 5.93. The van der Waals surface area contributed by atoms with E-state index in [0.29, 0.717) is 5.69 Å². The van der Waals surface area contributed by atoms with Crippen molar-refractivity contribution < 1.29 is 14.8 Å². The van der Waals surface area contributed by atoms with Crippen molar-refractivity contribution in [2.75, 3.05) is 0 Å². The molecule has 180 valence electrons. The SMILES string of the molecule is O=C(O)c1ccc(N=Cc2cc(-c3ccccc3)n(-c3ccc([N+](=O)[O-])cc3)c2-c2ccccc2)cc1. The van der Waals surface area contributed by atoms with Gasteiger partial charge in [-0.2, -0.15) is 0 Å². The van der Waals surface area contributed by atoms with Crippen LogP contribution in [-0.2, 0) is 0 Å². The molecule has 5 rings (SSSR count). The van der Waals surface area contributed by atoms with Crippen LogP contribution < -0.4 is 0 Å². The van der Waals surface area contributed by atoms with E-state index in [1.807, 2.05) is 66.7 Å². The van der Waals surface area contributed by atoms with Gasteiger partial charge in [-0.3, -0.25) is 15.1 Å². The van der Waals surface area contributed by atoms with Gasteiger partial charge in [0.15, 0.2) is 0 Å². The molecular weight excluding hydrogens is 466 g/mol. The van der Waals surface area contributed by atoms with Gasteiger partial charge >= 0.3 is 5.97 Å². The molecule has 1 heterocycles. The fourth-order valence-corrected chi connectivity index (χ4v) is 4.17. The van der Waals surface area contributed by atoms with Crippen molar-refractivity contribution in [3.05, 3.63) is 137 Å². The number of nitro benzene ring substituents is 1. The Kier molecular flexibility index (Phi) is 6.42. The van der Waals surface area contributed by atoms with Gasteiger partial charge in [0.25, 0.3) is 5.69 Å². The van der Waals surface area contributed by atoms with E-state index in [0.717, 1.165) is 33.8 Å². The summed E-state index contributed by atoms with van der Waals surface area (Å²) in [5, 5.41) is 20.4. The largest absolute Gasteiger partial charge is 0.478 e. The lowest BCUT2D eigenvalue weighted by molar-refractivity contribution is -0.384. The zero-order chi connectivity index (χ0) is 25.8. The molecule has 0 saturated heterocycles. The molecule has 0 bridgehead atoms. The van der Waals surface area contributed by atoms with Crippen LogP contribution in [0.25, 0.3) is 28.2 Å². The van der Waals surface area contributed by atoms with Gasteiger partial charge in [0.2, 0.25) is 0 Å². The number of non-ortho nitro benzene ring substituents is 1. The van der Waals surface area contributed by atoms with Gasteiger partial charge in [0.05, 0.1) is 27.6 Å². The molecule has 0 aliphatic carbocycles. The molecule has 37 heavy (non-hydrogen) atoms. The minimum absolute atomic E-state index is 0.0185. The van der Waals surface area contributed by atoms with Crippen molar-refractivity contribution in [2.24, 2.45) is 4.99 Å². The smallest absolute Gasteiger partial charge is 0.335 e. The summed E-state index contributed by atoms with van der Waals surface area (Å²) in [5.74, 6) is -0.991. The Balaban J connectivity index is 1.72. The number of hydrogen-bond donors (Lipinski definition) is 1. The molecular formula is C30H21N3O4. The summed E-state index contributed by atoms with van der Waals surface area (Å²) in [6.07, 6.45) is 1.76. The van der Waals surface area contributed by atoms with Crippen LogP contribution in [0.15, 0.2) is 120 Å². The highest BCUT2D eigenvalue weighted by Crippen LogP contribution is 2.36. The summed E-state index contributed by atoms with van der Waals surface area (Å²) in [5.41, 5.74) is 6.14. The van der Waals surface area contributed by atoms with Gasteiger partial charge in [0, 0.05) is 29.6 Å². The summed E-state index contributed by atoms with van der Waals surface area (Å²) in [4.78, 5) is 26.6. The second-order valence-electron chi connectivity index (χ2n) is 8.28. The summed E-state index contributed by atoms with van der Waals surface area (Å²) in [7, 11) is 0. The lowest BCUT2D eigenvalue weighted by Crippen LogP contribution is -2.01. The topological polar surface area (TPSA) is 97.7 Å². The lowest BCUT2D eigenvalue weighted by Gasteiger charge is -2.15. The molecule has 1 aromatic heterocycles. The second-order valence-corrected chi connectivity index (χ2v) is 8.28. The van der Waals surface area contributed by atoms with E-state index in [9.17, 15) is 14.9 Å². The molecule has 0 aliphatic rings. The maximum atomic E-state index is 11.3. The van der Waals surface area contributed by atoms with E-state index in [4.69, 9.17) is 5.11 Å². The molecule has 5 aromatic rings. The molecule has 0 atom stereocenters. The highest BCUT2D eigenvalue weighted by molar-refractivity contribution is 5.95. The maximum Gasteiger partial charge on any atom is 0.335 e. The number of aliphatic imine (C=N–C) groups is 1. The zero-order valence-electron chi connectivity index (χ0n) is 19.6.